The van der Waals surface area contributed by atoms with Gasteiger partial charge in [-0.25, -0.2) is 0 Å². The first-order valence-electron chi connectivity index (χ1n) is 11.8. The first-order valence-corrected chi connectivity index (χ1v) is 11.8. The Morgan fingerprint density at radius 3 is 2.40 bits per heavy atom. The average Bonchev–Trinajstić information content (AvgIpc) is 3.63. The van der Waals surface area contributed by atoms with Gasteiger partial charge in [-0.2, -0.15) is 0 Å². The Morgan fingerprint density at radius 2 is 1.69 bits per heavy atom. The minimum Gasteiger partial charge on any atom is -0.355 e. The van der Waals surface area contributed by atoms with Gasteiger partial charge in [-0.3, -0.25) is 24.0 Å². The minimum atomic E-state index is -0.204. The van der Waals surface area contributed by atoms with Gasteiger partial charge < -0.3 is 9.88 Å². The van der Waals surface area contributed by atoms with Crippen molar-refractivity contribution in [2.45, 2.75) is 25.8 Å². The first kappa shape index (κ1) is 21.3. The largest absolute Gasteiger partial charge is 0.355 e. The van der Waals surface area contributed by atoms with Crippen LogP contribution in [0.25, 0.3) is 10.9 Å². The highest BCUT2D eigenvalue weighted by molar-refractivity contribution is 6.09. The van der Waals surface area contributed by atoms with E-state index in [4.69, 9.17) is 0 Å². The summed E-state index contributed by atoms with van der Waals surface area (Å²) in [5, 5.41) is 4.49. The van der Waals surface area contributed by atoms with Crippen LogP contribution in [0.5, 0.6) is 0 Å². The van der Waals surface area contributed by atoms with E-state index >= 15 is 0 Å². The lowest BCUT2D eigenvalue weighted by molar-refractivity contribution is 0.0785. The van der Waals surface area contributed by atoms with Gasteiger partial charge >= 0.3 is 0 Å². The molecule has 1 aliphatic heterocycles. The van der Waals surface area contributed by atoms with E-state index in [1.807, 2.05) is 54.4 Å². The molecule has 2 aromatic carbocycles. The molecule has 0 unspecified atom stereocenters. The Bertz CT molecular complexity index is 1580. The Hall–Kier alpha value is -4.26. The number of hydrogen-bond donors (Lipinski definition) is 1. The zero-order chi connectivity index (χ0) is 24.4. The molecule has 6 rings (SSSR count). The number of nitrogens with one attached hydrogen (secondary N) is 1. The summed E-state index contributed by atoms with van der Waals surface area (Å²) < 4.78 is 3.67. The monoisotopic (exact) mass is 465 g/mol. The summed E-state index contributed by atoms with van der Waals surface area (Å²) in [7, 11) is 3.74. The molecule has 3 heterocycles. The number of anilines is 4. The van der Waals surface area contributed by atoms with Crippen molar-refractivity contribution in [1.29, 1.82) is 0 Å². The lowest BCUT2D eigenvalue weighted by Gasteiger charge is -2.41. The topological polar surface area (TPSA) is 62.5 Å². The van der Waals surface area contributed by atoms with Crippen molar-refractivity contribution in [3.8, 4) is 0 Å². The molecule has 1 amide bonds. The number of carbonyl (C=O) groups excluding carboxylic acids is 1. The van der Waals surface area contributed by atoms with E-state index in [0.29, 0.717) is 22.9 Å². The predicted octanol–water partition coefficient (Wildman–Crippen LogP) is 5.16. The van der Waals surface area contributed by atoms with Gasteiger partial charge in [0.05, 0.1) is 5.69 Å². The average molecular weight is 466 g/mol. The SMILES string of the molecule is C=C1N(c2ccccc2)c2c(c(Nc3ccc4c(c3)cc(C)n4C)cc(=O)n2C)C(=O)N1C1CC1. The fourth-order valence-corrected chi connectivity index (χ4v) is 5.00. The van der Waals surface area contributed by atoms with Crippen molar-refractivity contribution in [3.05, 3.63) is 94.7 Å². The molecule has 1 aliphatic carbocycles. The first-order chi connectivity index (χ1) is 16.8. The molecule has 0 spiro atoms. The fraction of sp³-hybridized carbons (Fsp3) is 0.214. The quantitative estimate of drug-likeness (QED) is 0.452. The maximum Gasteiger partial charge on any atom is 0.265 e. The van der Waals surface area contributed by atoms with Crippen LogP contribution in [0.2, 0.25) is 0 Å². The van der Waals surface area contributed by atoms with Crippen LogP contribution in [0.4, 0.5) is 22.9 Å². The number of aromatic nitrogens is 2. The zero-order valence-electron chi connectivity index (χ0n) is 20.1. The number of para-hydroxylation sites is 1. The number of rotatable bonds is 4. The van der Waals surface area contributed by atoms with Crippen LogP contribution >= 0.6 is 0 Å². The summed E-state index contributed by atoms with van der Waals surface area (Å²) in [6, 6.07) is 19.6. The van der Waals surface area contributed by atoms with Crippen LogP contribution < -0.4 is 15.8 Å². The van der Waals surface area contributed by atoms with E-state index in [1.54, 1.807) is 11.9 Å². The number of hydrogen-bond acceptors (Lipinski definition) is 4. The Balaban J connectivity index is 1.55. The molecule has 4 aromatic rings. The summed E-state index contributed by atoms with van der Waals surface area (Å²) in [5.41, 5.74) is 4.73. The van der Waals surface area contributed by atoms with Crippen LogP contribution in [0.3, 0.4) is 0 Å². The second-order valence-corrected chi connectivity index (χ2v) is 9.39. The number of carbonyl (C=O) groups is 1. The minimum absolute atomic E-state index is 0.128. The van der Waals surface area contributed by atoms with Crippen molar-refractivity contribution in [1.82, 2.24) is 14.0 Å². The predicted molar refractivity (Wildman–Crippen MR) is 140 cm³/mol. The van der Waals surface area contributed by atoms with Crippen molar-refractivity contribution in [3.63, 3.8) is 0 Å². The van der Waals surface area contributed by atoms with E-state index in [9.17, 15) is 9.59 Å². The number of aryl methyl sites for hydroxylation is 2. The van der Waals surface area contributed by atoms with E-state index in [1.165, 1.54) is 10.6 Å². The highest BCUT2D eigenvalue weighted by atomic mass is 16.2. The van der Waals surface area contributed by atoms with Crippen LogP contribution in [-0.2, 0) is 14.1 Å². The molecule has 1 fully saturated rings. The van der Waals surface area contributed by atoms with Crippen LogP contribution in [0.1, 0.15) is 28.9 Å². The molecule has 176 valence electrons. The van der Waals surface area contributed by atoms with Gasteiger partial charge in [0.1, 0.15) is 17.2 Å². The molecule has 0 bridgehead atoms. The fourth-order valence-electron chi connectivity index (χ4n) is 5.00. The number of fused-ring (bicyclic) bond motifs is 2. The summed E-state index contributed by atoms with van der Waals surface area (Å²) >= 11 is 0. The Morgan fingerprint density at radius 1 is 0.943 bits per heavy atom. The zero-order valence-corrected chi connectivity index (χ0v) is 20.1. The summed E-state index contributed by atoms with van der Waals surface area (Å²) in [4.78, 5) is 30.7. The van der Waals surface area contributed by atoms with E-state index < -0.39 is 0 Å². The van der Waals surface area contributed by atoms with Crippen molar-refractivity contribution in [2.75, 3.05) is 10.2 Å². The summed E-state index contributed by atoms with van der Waals surface area (Å²) in [6.45, 7) is 6.36. The second kappa shape index (κ2) is 7.63. The third-order valence-corrected chi connectivity index (χ3v) is 7.08. The molecule has 1 N–H and O–H groups in total. The smallest absolute Gasteiger partial charge is 0.265 e. The number of benzene rings is 2. The van der Waals surface area contributed by atoms with Crippen LogP contribution in [-0.4, -0.2) is 26.0 Å². The number of nitrogens with zero attached hydrogens (tertiary/aromatic N) is 4. The highest BCUT2D eigenvalue weighted by Crippen LogP contribution is 2.44. The second-order valence-electron chi connectivity index (χ2n) is 9.39. The third kappa shape index (κ3) is 3.26. The van der Waals surface area contributed by atoms with Crippen LogP contribution in [0, 0.1) is 6.92 Å². The van der Waals surface area contributed by atoms with Gasteiger partial charge in [-0.15, -0.1) is 0 Å². The molecule has 7 heteroatoms. The van der Waals surface area contributed by atoms with Crippen molar-refractivity contribution in [2.24, 2.45) is 14.1 Å². The number of pyridine rings is 1. The van der Waals surface area contributed by atoms with Gasteiger partial charge in [0, 0.05) is 54.2 Å². The van der Waals surface area contributed by atoms with E-state index in [0.717, 1.165) is 40.8 Å². The molecule has 0 radical (unpaired) electrons. The van der Waals surface area contributed by atoms with Gasteiger partial charge in [0.25, 0.3) is 11.5 Å². The molecular formula is C28H27N5O2. The molecule has 2 aliphatic rings. The van der Waals surface area contributed by atoms with Gasteiger partial charge in [-0.05, 0) is 56.2 Å². The Labute approximate surface area is 203 Å². The van der Waals surface area contributed by atoms with Crippen LogP contribution in [0.15, 0.2) is 77.9 Å². The standard InChI is InChI=1S/C28H27N5O2/c1-17-14-19-15-20(10-13-24(19)30(17)3)29-23-16-25(34)31(4)27-26(23)28(35)33(22-11-12-22)18(2)32(27)21-8-6-5-7-9-21/h5-10,13-16,22,29H,2,11-12H2,1,3-4H3. The molecule has 1 saturated carbocycles. The molecule has 0 saturated heterocycles. The highest BCUT2D eigenvalue weighted by Gasteiger charge is 2.44. The van der Waals surface area contributed by atoms with Crippen molar-refractivity contribution >= 4 is 39.7 Å². The molecule has 7 nitrogen and oxygen atoms in total. The van der Waals surface area contributed by atoms with Gasteiger partial charge in [0.2, 0.25) is 0 Å². The van der Waals surface area contributed by atoms with E-state index in [2.05, 4.69) is 35.5 Å². The molecule has 2 aromatic heterocycles. The number of amides is 1. The van der Waals surface area contributed by atoms with Gasteiger partial charge in [-0.1, -0.05) is 24.8 Å². The van der Waals surface area contributed by atoms with E-state index in [-0.39, 0.29) is 17.5 Å². The lowest BCUT2D eigenvalue weighted by atomic mass is 10.1. The maximum atomic E-state index is 13.9. The molecule has 35 heavy (non-hydrogen) atoms. The van der Waals surface area contributed by atoms with Crippen molar-refractivity contribution < 1.29 is 4.79 Å². The molecule has 0 atom stereocenters. The molecular weight excluding hydrogens is 438 g/mol. The van der Waals surface area contributed by atoms with Gasteiger partial charge in [0.15, 0.2) is 0 Å². The third-order valence-electron chi connectivity index (χ3n) is 7.08. The Kier molecular flexibility index (Phi) is 4.64. The summed E-state index contributed by atoms with van der Waals surface area (Å²) in [5.74, 6) is 0.966. The summed E-state index contributed by atoms with van der Waals surface area (Å²) in [6.07, 6.45) is 1.89. The maximum absolute atomic E-state index is 13.9. The normalized spacial score (nSPS) is 15.6. The lowest BCUT2D eigenvalue weighted by Crippen LogP contribution is -2.46.